The van der Waals surface area contributed by atoms with Crippen LogP contribution in [-0.2, 0) is 0 Å². The van der Waals surface area contributed by atoms with Crippen LogP contribution in [0.3, 0.4) is 0 Å². The van der Waals surface area contributed by atoms with Crippen molar-refractivity contribution in [1.29, 1.82) is 0 Å². The van der Waals surface area contributed by atoms with Gasteiger partial charge in [0.05, 0.1) is 11.0 Å². The molecule has 2 heterocycles. The highest BCUT2D eigenvalue weighted by molar-refractivity contribution is 6.16. The minimum atomic E-state index is 0.0927. The van der Waals surface area contributed by atoms with Crippen LogP contribution in [0.15, 0.2) is 199 Å². The molecule has 0 amide bonds. The van der Waals surface area contributed by atoms with Gasteiger partial charge in [0, 0.05) is 33.2 Å². The quantitative estimate of drug-likeness (QED) is 0.179. The molecule has 0 fully saturated rings. The van der Waals surface area contributed by atoms with E-state index in [9.17, 15) is 0 Å². The molecule has 0 saturated heterocycles. The zero-order chi connectivity index (χ0) is 36.0. The number of furan rings is 1. The fourth-order valence-electron chi connectivity index (χ4n) is 9.54. The van der Waals surface area contributed by atoms with Crippen LogP contribution in [0, 0.1) is 0 Å². The fourth-order valence-corrected chi connectivity index (χ4v) is 9.54. The van der Waals surface area contributed by atoms with Crippen molar-refractivity contribution in [2.24, 2.45) is 0 Å². The van der Waals surface area contributed by atoms with Crippen molar-refractivity contribution in [3.8, 4) is 39.1 Å². The van der Waals surface area contributed by atoms with Gasteiger partial charge in [-0.2, -0.15) is 0 Å². The molecule has 2 nitrogen and oxygen atoms in total. The molecule has 0 spiro atoms. The molecule has 1 aliphatic carbocycles. The van der Waals surface area contributed by atoms with Crippen LogP contribution in [0.2, 0.25) is 0 Å². The summed E-state index contributed by atoms with van der Waals surface area (Å²) < 4.78 is 8.73. The Labute approximate surface area is 318 Å². The first-order valence-corrected chi connectivity index (χ1v) is 19.0. The number of benzene rings is 9. The van der Waals surface area contributed by atoms with Crippen LogP contribution < -0.4 is 0 Å². The van der Waals surface area contributed by atoms with E-state index in [2.05, 4.69) is 193 Å². The van der Waals surface area contributed by atoms with Crippen molar-refractivity contribution in [3.63, 3.8) is 0 Å². The average molecular weight is 700 g/mol. The van der Waals surface area contributed by atoms with Gasteiger partial charge in [-0.25, -0.2) is 0 Å². The van der Waals surface area contributed by atoms with Gasteiger partial charge in [-0.3, -0.25) is 0 Å². The highest BCUT2D eigenvalue weighted by Crippen LogP contribution is 2.51. The van der Waals surface area contributed by atoms with Gasteiger partial charge in [0.25, 0.3) is 0 Å². The highest BCUT2D eigenvalue weighted by atomic mass is 16.3. The first-order valence-electron chi connectivity index (χ1n) is 19.0. The number of rotatable bonds is 4. The van der Waals surface area contributed by atoms with Crippen molar-refractivity contribution in [1.82, 2.24) is 4.57 Å². The molecule has 1 atom stereocenters. The smallest absolute Gasteiger partial charge is 0.136 e. The van der Waals surface area contributed by atoms with Crippen LogP contribution in [0.4, 0.5) is 0 Å². The van der Waals surface area contributed by atoms with Crippen molar-refractivity contribution >= 4 is 54.5 Å². The summed E-state index contributed by atoms with van der Waals surface area (Å²) in [5, 5.41) is 7.37. The van der Waals surface area contributed by atoms with E-state index in [0.717, 1.165) is 16.6 Å². The Hall–Kier alpha value is -7.16. The molecule has 9 aromatic carbocycles. The van der Waals surface area contributed by atoms with Gasteiger partial charge >= 0.3 is 0 Å². The van der Waals surface area contributed by atoms with Gasteiger partial charge in [-0.1, -0.05) is 152 Å². The number of fused-ring (bicyclic) bond motifs is 10. The van der Waals surface area contributed by atoms with Crippen molar-refractivity contribution < 1.29 is 4.42 Å². The Morgan fingerprint density at radius 2 is 0.982 bits per heavy atom. The molecule has 11 aromatic rings. The van der Waals surface area contributed by atoms with Crippen LogP contribution in [0.25, 0.3) is 93.6 Å². The molecule has 12 rings (SSSR count). The van der Waals surface area contributed by atoms with Crippen molar-refractivity contribution in [2.75, 3.05) is 0 Å². The molecule has 1 unspecified atom stereocenters. The van der Waals surface area contributed by atoms with Crippen LogP contribution in [0.1, 0.15) is 22.6 Å². The lowest BCUT2D eigenvalue weighted by molar-refractivity contribution is 0.669. The van der Waals surface area contributed by atoms with Gasteiger partial charge in [-0.15, -0.1) is 0 Å². The zero-order valence-electron chi connectivity index (χ0n) is 29.9. The summed E-state index contributed by atoms with van der Waals surface area (Å²) in [7, 11) is 0. The van der Waals surface area contributed by atoms with Crippen molar-refractivity contribution in [3.05, 3.63) is 211 Å². The molecule has 2 aromatic heterocycles. The lowest BCUT2D eigenvalue weighted by Gasteiger charge is -2.20. The van der Waals surface area contributed by atoms with E-state index in [1.165, 1.54) is 93.7 Å². The second-order valence-corrected chi connectivity index (χ2v) is 14.8. The van der Waals surface area contributed by atoms with E-state index in [1.807, 2.05) is 6.07 Å². The lowest BCUT2D eigenvalue weighted by Crippen LogP contribution is -2.01. The molecule has 256 valence electrons. The van der Waals surface area contributed by atoms with E-state index in [-0.39, 0.29) is 5.92 Å². The van der Waals surface area contributed by atoms with Crippen LogP contribution in [0.5, 0.6) is 0 Å². The molecular formula is C53H33NO. The molecule has 0 bridgehead atoms. The largest absolute Gasteiger partial charge is 0.456 e. The van der Waals surface area contributed by atoms with Gasteiger partial charge < -0.3 is 8.98 Å². The minimum absolute atomic E-state index is 0.0927. The summed E-state index contributed by atoms with van der Waals surface area (Å²) in [4.78, 5) is 0. The zero-order valence-corrected chi connectivity index (χ0v) is 29.9. The lowest BCUT2D eigenvalue weighted by atomic mass is 9.83. The maximum Gasteiger partial charge on any atom is 0.136 e. The molecular weight excluding hydrogens is 667 g/mol. The number of hydrogen-bond donors (Lipinski definition) is 0. The summed E-state index contributed by atoms with van der Waals surface area (Å²) >= 11 is 0. The standard InChI is InChI=1S/C53H33NO/c1-2-13-35(14-3-1)54-48-22-10-8-18-41(48)42-28-26-34(32-49(42)54)33-25-27-40-38-17-6-7-19-43(38)52(47(40)31-33)45-30-29-39(36-15-4-5-16-37(36)45)44-21-12-24-51-53(44)46-20-9-11-23-50(46)55-51/h1-32,52H. The average Bonchev–Trinajstić information content (AvgIpc) is 3.91. The Morgan fingerprint density at radius 3 is 1.89 bits per heavy atom. The van der Waals surface area contributed by atoms with Crippen LogP contribution in [-0.4, -0.2) is 4.57 Å². The molecule has 0 N–H and O–H groups in total. The summed E-state index contributed by atoms with van der Waals surface area (Å²) in [5.74, 6) is 0.0927. The second-order valence-electron chi connectivity index (χ2n) is 14.8. The van der Waals surface area contributed by atoms with Crippen molar-refractivity contribution in [2.45, 2.75) is 5.92 Å². The molecule has 1 aliphatic rings. The number of hydrogen-bond acceptors (Lipinski definition) is 1. The third kappa shape index (κ3) is 4.43. The summed E-state index contributed by atoms with van der Waals surface area (Å²) in [6.45, 7) is 0. The van der Waals surface area contributed by atoms with E-state index >= 15 is 0 Å². The van der Waals surface area contributed by atoms with Crippen LogP contribution >= 0.6 is 0 Å². The SMILES string of the molecule is c1ccc(-n2c3ccccc3c3ccc(-c4ccc5c(c4)C(c4ccc(-c6cccc7oc8ccccc8c67)c6ccccc46)c4ccccc4-5)cc32)cc1. The molecule has 0 aliphatic heterocycles. The maximum atomic E-state index is 6.32. The third-order valence-electron chi connectivity index (χ3n) is 11.9. The first-order chi connectivity index (χ1) is 27.3. The van der Waals surface area contributed by atoms with Gasteiger partial charge in [0.1, 0.15) is 11.2 Å². The maximum absolute atomic E-state index is 6.32. The topological polar surface area (TPSA) is 18.1 Å². The summed E-state index contributed by atoms with van der Waals surface area (Å²) in [6.07, 6.45) is 0. The predicted molar refractivity (Wildman–Crippen MR) is 229 cm³/mol. The van der Waals surface area contributed by atoms with Gasteiger partial charge in [-0.05, 0) is 103 Å². The Bertz CT molecular complexity index is 3330. The van der Waals surface area contributed by atoms with Gasteiger partial charge in [0.2, 0.25) is 0 Å². The van der Waals surface area contributed by atoms with E-state index < -0.39 is 0 Å². The van der Waals surface area contributed by atoms with E-state index in [1.54, 1.807) is 0 Å². The molecule has 0 radical (unpaired) electrons. The van der Waals surface area contributed by atoms with E-state index in [0.29, 0.717) is 0 Å². The Balaban J connectivity index is 1.05. The molecule has 2 heteroatoms. The minimum Gasteiger partial charge on any atom is -0.456 e. The monoisotopic (exact) mass is 699 g/mol. The number of aromatic nitrogens is 1. The molecule has 0 saturated carbocycles. The van der Waals surface area contributed by atoms with Gasteiger partial charge in [0.15, 0.2) is 0 Å². The number of para-hydroxylation sites is 3. The second kappa shape index (κ2) is 11.7. The highest BCUT2D eigenvalue weighted by Gasteiger charge is 2.32. The number of nitrogens with zero attached hydrogens (tertiary/aromatic N) is 1. The Kier molecular flexibility index (Phi) is 6.43. The first kappa shape index (κ1) is 30.3. The predicted octanol–water partition coefficient (Wildman–Crippen LogP) is 14.3. The normalized spacial score (nSPS) is 13.6. The Morgan fingerprint density at radius 1 is 0.345 bits per heavy atom. The summed E-state index contributed by atoms with van der Waals surface area (Å²) in [6, 6.07) is 71.0. The van der Waals surface area contributed by atoms with E-state index in [4.69, 9.17) is 4.42 Å². The molecule has 55 heavy (non-hydrogen) atoms. The third-order valence-corrected chi connectivity index (χ3v) is 11.9. The summed E-state index contributed by atoms with van der Waals surface area (Å²) in [5.41, 5.74) is 17.0. The fraction of sp³-hybridized carbons (Fsp3) is 0.0189.